The van der Waals surface area contributed by atoms with Crippen LogP contribution in [0.1, 0.15) is 5.56 Å². The highest BCUT2D eigenvalue weighted by atomic mass is 35.5. The highest BCUT2D eigenvalue weighted by Gasteiger charge is 2.23. The Labute approximate surface area is 186 Å². The number of halogens is 1. The molecule has 0 radical (unpaired) electrons. The van der Waals surface area contributed by atoms with E-state index in [2.05, 4.69) is 34.1 Å². The van der Waals surface area contributed by atoms with Crippen LogP contribution >= 0.6 is 11.6 Å². The summed E-state index contributed by atoms with van der Waals surface area (Å²) >= 11 is 6.09. The summed E-state index contributed by atoms with van der Waals surface area (Å²) in [4.78, 5) is 23.0. The normalized spacial score (nSPS) is 14.8. The first-order valence-corrected chi connectivity index (χ1v) is 10.9. The summed E-state index contributed by atoms with van der Waals surface area (Å²) in [5.41, 5.74) is 2.75. The number of hydrogen-bond acceptors (Lipinski definition) is 4. The van der Waals surface area contributed by atoms with Crippen molar-refractivity contribution in [2.75, 3.05) is 31.1 Å². The predicted molar refractivity (Wildman–Crippen MR) is 126 cm³/mol. The number of para-hydroxylation sites is 1. The molecule has 0 spiro atoms. The van der Waals surface area contributed by atoms with E-state index in [-0.39, 0.29) is 5.56 Å². The first-order valence-electron chi connectivity index (χ1n) is 10.5. The molecular formula is C25H23ClN4O. The molecule has 1 fully saturated rings. The minimum absolute atomic E-state index is 0.0605. The quantitative estimate of drug-likeness (QED) is 0.482. The lowest BCUT2D eigenvalue weighted by molar-refractivity contribution is 0.248. The van der Waals surface area contributed by atoms with E-state index in [0.29, 0.717) is 16.4 Å². The van der Waals surface area contributed by atoms with Crippen molar-refractivity contribution in [2.45, 2.75) is 6.54 Å². The molecule has 6 heteroatoms. The smallest absolute Gasteiger partial charge is 0.267 e. The molecule has 1 aromatic heterocycles. The minimum atomic E-state index is -0.0605. The third kappa shape index (κ3) is 4.07. The van der Waals surface area contributed by atoms with Gasteiger partial charge in [0.05, 0.1) is 16.6 Å². The van der Waals surface area contributed by atoms with Crippen molar-refractivity contribution in [1.29, 1.82) is 0 Å². The summed E-state index contributed by atoms with van der Waals surface area (Å²) in [6, 6.07) is 25.4. The van der Waals surface area contributed by atoms with Gasteiger partial charge in [0.25, 0.3) is 5.56 Å². The third-order valence-electron chi connectivity index (χ3n) is 5.75. The van der Waals surface area contributed by atoms with Crippen LogP contribution in [0.2, 0.25) is 5.02 Å². The van der Waals surface area contributed by atoms with E-state index in [4.69, 9.17) is 16.6 Å². The second-order valence-corrected chi connectivity index (χ2v) is 8.23. The molecule has 0 saturated carbocycles. The lowest BCUT2D eigenvalue weighted by Gasteiger charge is -2.36. The summed E-state index contributed by atoms with van der Waals surface area (Å²) < 4.78 is 1.71. The van der Waals surface area contributed by atoms with E-state index in [9.17, 15) is 4.79 Å². The number of hydrogen-bond donors (Lipinski definition) is 0. The molecule has 2 heterocycles. The van der Waals surface area contributed by atoms with Gasteiger partial charge in [0.15, 0.2) is 0 Å². The topological polar surface area (TPSA) is 41.4 Å². The summed E-state index contributed by atoms with van der Waals surface area (Å²) in [5, 5.41) is 1.26. The minimum Gasteiger partial charge on any atom is -0.339 e. The Morgan fingerprint density at radius 2 is 1.48 bits per heavy atom. The fourth-order valence-corrected chi connectivity index (χ4v) is 4.23. The lowest BCUT2D eigenvalue weighted by Crippen LogP contribution is -2.47. The van der Waals surface area contributed by atoms with Crippen LogP contribution in [0.4, 0.5) is 5.95 Å². The molecule has 0 bridgehead atoms. The average Bonchev–Trinajstić information content (AvgIpc) is 2.81. The van der Waals surface area contributed by atoms with Crippen LogP contribution in [0.15, 0.2) is 83.7 Å². The molecule has 0 amide bonds. The molecule has 0 unspecified atom stereocenters. The van der Waals surface area contributed by atoms with Crippen molar-refractivity contribution in [3.05, 3.63) is 99.8 Å². The molecule has 4 aromatic rings. The van der Waals surface area contributed by atoms with Crippen molar-refractivity contribution in [3.8, 4) is 5.69 Å². The zero-order valence-electron chi connectivity index (χ0n) is 17.1. The summed E-state index contributed by atoms with van der Waals surface area (Å²) in [6.07, 6.45) is 0. The average molecular weight is 431 g/mol. The maximum Gasteiger partial charge on any atom is 0.267 e. The molecule has 5 nitrogen and oxygen atoms in total. The second-order valence-electron chi connectivity index (χ2n) is 7.79. The lowest BCUT2D eigenvalue weighted by atomic mass is 10.2. The van der Waals surface area contributed by atoms with Gasteiger partial charge in [-0.05, 0) is 42.0 Å². The van der Waals surface area contributed by atoms with Crippen LogP contribution < -0.4 is 10.5 Å². The molecule has 31 heavy (non-hydrogen) atoms. The van der Waals surface area contributed by atoms with Crippen LogP contribution in [0.25, 0.3) is 16.6 Å². The van der Waals surface area contributed by atoms with Crippen molar-refractivity contribution < 1.29 is 0 Å². The number of rotatable bonds is 4. The predicted octanol–water partition coefficient (Wildman–Crippen LogP) is 4.36. The number of nitrogens with zero attached hydrogens (tertiary/aromatic N) is 4. The zero-order valence-corrected chi connectivity index (χ0v) is 17.9. The van der Waals surface area contributed by atoms with Crippen molar-refractivity contribution in [3.63, 3.8) is 0 Å². The summed E-state index contributed by atoms with van der Waals surface area (Å²) in [6.45, 7) is 4.39. The molecule has 0 atom stereocenters. The van der Waals surface area contributed by atoms with E-state index in [0.717, 1.165) is 43.9 Å². The largest absolute Gasteiger partial charge is 0.339 e. The van der Waals surface area contributed by atoms with Gasteiger partial charge in [-0.1, -0.05) is 54.1 Å². The fraction of sp³-hybridized carbons (Fsp3) is 0.200. The van der Waals surface area contributed by atoms with Gasteiger partial charge in [-0.3, -0.25) is 9.69 Å². The Morgan fingerprint density at radius 1 is 0.806 bits per heavy atom. The molecule has 5 rings (SSSR count). The first-order chi connectivity index (χ1) is 15.2. The molecule has 1 aliphatic rings. The number of fused-ring (bicyclic) bond motifs is 1. The Hall–Kier alpha value is -3.15. The Morgan fingerprint density at radius 3 is 2.23 bits per heavy atom. The van der Waals surface area contributed by atoms with Crippen LogP contribution in [0.3, 0.4) is 0 Å². The van der Waals surface area contributed by atoms with Crippen molar-refractivity contribution in [1.82, 2.24) is 14.5 Å². The third-order valence-corrected chi connectivity index (χ3v) is 6.00. The maximum absolute atomic E-state index is 13.4. The second kappa shape index (κ2) is 8.53. The van der Waals surface area contributed by atoms with E-state index >= 15 is 0 Å². The van der Waals surface area contributed by atoms with Crippen LogP contribution in [-0.2, 0) is 6.54 Å². The highest BCUT2D eigenvalue weighted by Crippen LogP contribution is 2.22. The Kier molecular flexibility index (Phi) is 5.45. The number of aromatic nitrogens is 2. The van der Waals surface area contributed by atoms with Gasteiger partial charge in [-0.25, -0.2) is 9.55 Å². The van der Waals surface area contributed by atoms with Crippen molar-refractivity contribution in [2.24, 2.45) is 0 Å². The van der Waals surface area contributed by atoms with Gasteiger partial charge in [-0.2, -0.15) is 0 Å². The molecule has 156 valence electrons. The van der Waals surface area contributed by atoms with Crippen LogP contribution in [0.5, 0.6) is 0 Å². The Balaban J connectivity index is 1.48. The van der Waals surface area contributed by atoms with Gasteiger partial charge in [0.1, 0.15) is 0 Å². The van der Waals surface area contributed by atoms with Gasteiger partial charge >= 0.3 is 0 Å². The van der Waals surface area contributed by atoms with Crippen LogP contribution in [-0.4, -0.2) is 40.6 Å². The van der Waals surface area contributed by atoms with Crippen LogP contribution in [0, 0.1) is 0 Å². The van der Waals surface area contributed by atoms with Crippen molar-refractivity contribution >= 4 is 28.5 Å². The van der Waals surface area contributed by atoms with Gasteiger partial charge in [0.2, 0.25) is 5.95 Å². The highest BCUT2D eigenvalue weighted by molar-refractivity contribution is 6.30. The molecule has 0 N–H and O–H groups in total. The summed E-state index contributed by atoms with van der Waals surface area (Å²) in [5.74, 6) is 0.686. The maximum atomic E-state index is 13.4. The molecule has 0 aliphatic carbocycles. The van der Waals surface area contributed by atoms with E-state index < -0.39 is 0 Å². The van der Waals surface area contributed by atoms with E-state index in [1.165, 1.54) is 5.56 Å². The SMILES string of the molecule is O=c1c2ccccc2nc(N2CCN(Cc3ccccc3)CC2)n1-c1ccc(Cl)cc1. The molecule has 1 aliphatic heterocycles. The first kappa shape index (κ1) is 19.8. The number of anilines is 1. The molecule has 1 saturated heterocycles. The van der Waals surface area contributed by atoms with Gasteiger partial charge < -0.3 is 4.90 Å². The number of benzene rings is 3. The Bertz CT molecular complexity index is 1250. The molecular weight excluding hydrogens is 408 g/mol. The van der Waals surface area contributed by atoms with Gasteiger partial charge in [0, 0.05) is 37.7 Å². The summed E-state index contributed by atoms with van der Waals surface area (Å²) in [7, 11) is 0. The van der Waals surface area contributed by atoms with E-state index in [1.54, 1.807) is 16.7 Å². The zero-order chi connectivity index (χ0) is 21.2. The fourth-order valence-electron chi connectivity index (χ4n) is 4.10. The van der Waals surface area contributed by atoms with Gasteiger partial charge in [-0.15, -0.1) is 0 Å². The monoisotopic (exact) mass is 430 g/mol. The standard InChI is InChI=1S/C25H23ClN4O/c26-20-10-12-21(13-11-20)30-24(31)22-8-4-5-9-23(22)27-25(30)29-16-14-28(15-17-29)18-19-6-2-1-3-7-19/h1-13H,14-18H2. The molecule has 3 aromatic carbocycles. The number of piperazine rings is 1. The van der Waals surface area contributed by atoms with E-state index in [1.807, 2.05) is 42.5 Å².